The maximum Gasteiger partial charge on any atom is 0.416 e. The largest absolute Gasteiger partial charge is 0.491 e. The smallest absolute Gasteiger partial charge is 0.416 e. The van der Waals surface area contributed by atoms with Crippen LogP contribution >= 0.6 is 0 Å². The molecule has 2 atom stereocenters. The van der Waals surface area contributed by atoms with E-state index in [4.69, 9.17) is 4.74 Å². The lowest BCUT2D eigenvalue weighted by atomic mass is 10.0. The van der Waals surface area contributed by atoms with Gasteiger partial charge in [-0.3, -0.25) is 4.79 Å². The maximum absolute atomic E-state index is 12.5. The lowest BCUT2D eigenvalue weighted by molar-refractivity contribution is -0.137. The number of carbonyl (C=O) groups excluding carboxylic acids is 1. The van der Waals surface area contributed by atoms with Gasteiger partial charge >= 0.3 is 6.18 Å². The molecule has 0 radical (unpaired) electrons. The number of ether oxygens (including phenoxy) is 1. The average molecular weight is 452 g/mol. The van der Waals surface area contributed by atoms with E-state index in [2.05, 4.69) is 5.32 Å². The molecule has 7 nitrogen and oxygen atoms in total. The summed E-state index contributed by atoms with van der Waals surface area (Å²) < 4.78 is 68.9. The number of piperidine rings is 1. The zero-order valence-electron chi connectivity index (χ0n) is 16.7. The number of halogens is 3. The monoisotopic (exact) mass is 452 g/mol. The normalized spacial score (nSPS) is 19.3. The van der Waals surface area contributed by atoms with E-state index in [-0.39, 0.29) is 24.7 Å². The number of benzene rings is 1. The molecule has 0 spiro atoms. The summed E-state index contributed by atoms with van der Waals surface area (Å²) in [6.45, 7) is 1.63. The van der Waals surface area contributed by atoms with Crippen LogP contribution in [0.15, 0.2) is 24.3 Å². The van der Waals surface area contributed by atoms with E-state index in [0.717, 1.165) is 30.7 Å². The minimum absolute atomic E-state index is 0.0274. The van der Waals surface area contributed by atoms with Crippen LogP contribution in [0.5, 0.6) is 5.75 Å². The predicted molar refractivity (Wildman–Crippen MR) is 104 cm³/mol. The molecule has 2 unspecified atom stereocenters. The van der Waals surface area contributed by atoms with Crippen molar-refractivity contribution in [1.29, 1.82) is 0 Å². The Morgan fingerprint density at radius 2 is 1.97 bits per heavy atom. The molecule has 2 rings (SSSR count). The van der Waals surface area contributed by atoms with Crippen molar-refractivity contribution in [1.82, 2.24) is 9.62 Å². The van der Waals surface area contributed by atoms with E-state index in [1.807, 2.05) is 0 Å². The second-order valence-electron chi connectivity index (χ2n) is 7.17. The number of hydrogen-bond acceptors (Lipinski definition) is 5. The third kappa shape index (κ3) is 6.85. The van der Waals surface area contributed by atoms with E-state index in [0.29, 0.717) is 25.8 Å². The number of carbonyl (C=O) groups is 1. The van der Waals surface area contributed by atoms with Gasteiger partial charge in [-0.05, 0) is 43.5 Å². The summed E-state index contributed by atoms with van der Waals surface area (Å²) in [6.07, 6.45) is -3.27. The van der Waals surface area contributed by atoms with Gasteiger partial charge in [0.25, 0.3) is 0 Å². The summed E-state index contributed by atoms with van der Waals surface area (Å²) in [4.78, 5) is 12.5. The van der Waals surface area contributed by atoms with Crippen molar-refractivity contribution in [2.45, 2.75) is 50.9 Å². The minimum Gasteiger partial charge on any atom is -0.491 e. The van der Waals surface area contributed by atoms with Gasteiger partial charge in [-0.25, -0.2) is 8.42 Å². The molecule has 1 fully saturated rings. The molecule has 1 aliphatic rings. The summed E-state index contributed by atoms with van der Waals surface area (Å²) in [5.41, 5.74) is -0.808. The molecule has 0 bridgehead atoms. The van der Waals surface area contributed by atoms with Gasteiger partial charge < -0.3 is 15.2 Å². The molecule has 1 heterocycles. The number of alkyl halides is 3. The van der Waals surface area contributed by atoms with Crippen LogP contribution in [-0.2, 0) is 21.0 Å². The van der Waals surface area contributed by atoms with E-state index in [1.165, 1.54) is 4.31 Å². The topological polar surface area (TPSA) is 95.9 Å². The molecule has 0 saturated carbocycles. The van der Waals surface area contributed by atoms with Gasteiger partial charge in [0.05, 0.1) is 11.3 Å². The summed E-state index contributed by atoms with van der Waals surface area (Å²) in [6, 6.07) is 3.23. The Bertz CT molecular complexity index is 799. The van der Waals surface area contributed by atoms with Crippen LogP contribution in [0.4, 0.5) is 13.2 Å². The fourth-order valence-corrected chi connectivity index (χ4v) is 4.95. The molecular formula is C19H27F3N2O5S. The number of amides is 1. The summed E-state index contributed by atoms with van der Waals surface area (Å²) in [5.74, 6) is -0.360. The van der Waals surface area contributed by atoms with Crippen LogP contribution in [-0.4, -0.2) is 61.3 Å². The van der Waals surface area contributed by atoms with Crippen molar-refractivity contribution >= 4 is 15.9 Å². The Kier molecular flexibility index (Phi) is 8.51. The standard InChI is InChI=1S/C19H27F3N2O5S/c1-2-11-30(27,28)24-10-4-3-5-17(24)18(26)23-12-15(25)13-29-16-8-6-14(7-9-16)19(20,21)22/h6-9,15,17,25H,2-5,10-13H2,1H3,(H,23,26). The van der Waals surface area contributed by atoms with Gasteiger partial charge in [0.1, 0.15) is 24.5 Å². The van der Waals surface area contributed by atoms with Crippen LogP contribution in [0, 0.1) is 0 Å². The third-order valence-corrected chi connectivity index (χ3v) is 6.79. The number of sulfonamides is 1. The van der Waals surface area contributed by atoms with Gasteiger partial charge in [0.15, 0.2) is 0 Å². The van der Waals surface area contributed by atoms with Crippen molar-refractivity contribution in [3.63, 3.8) is 0 Å². The number of rotatable bonds is 9. The molecule has 0 aliphatic carbocycles. The van der Waals surface area contributed by atoms with Crippen LogP contribution in [0.1, 0.15) is 38.2 Å². The predicted octanol–water partition coefficient (Wildman–Crippen LogP) is 2.16. The zero-order valence-corrected chi connectivity index (χ0v) is 17.5. The first-order chi connectivity index (χ1) is 14.0. The first kappa shape index (κ1) is 24.4. The van der Waals surface area contributed by atoms with Gasteiger partial charge in [-0.15, -0.1) is 0 Å². The summed E-state index contributed by atoms with van der Waals surface area (Å²) in [7, 11) is -3.52. The van der Waals surface area contributed by atoms with E-state index >= 15 is 0 Å². The summed E-state index contributed by atoms with van der Waals surface area (Å²) >= 11 is 0. The highest BCUT2D eigenvalue weighted by Gasteiger charge is 2.36. The molecule has 11 heteroatoms. The second kappa shape index (κ2) is 10.5. The van der Waals surface area contributed by atoms with E-state index in [1.54, 1.807) is 6.92 Å². The molecule has 30 heavy (non-hydrogen) atoms. The lowest BCUT2D eigenvalue weighted by Crippen LogP contribution is -2.53. The molecule has 1 amide bonds. The molecule has 170 valence electrons. The quantitative estimate of drug-likeness (QED) is 0.599. The molecule has 1 aromatic rings. The Balaban J connectivity index is 1.84. The first-order valence-electron chi connectivity index (χ1n) is 9.80. The molecule has 2 N–H and O–H groups in total. The number of nitrogens with one attached hydrogen (secondary N) is 1. The molecule has 0 aromatic heterocycles. The maximum atomic E-state index is 12.5. The van der Waals surface area contributed by atoms with E-state index in [9.17, 15) is 31.5 Å². The first-order valence-corrected chi connectivity index (χ1v) is 11.4. The van der Waals surface area contributed by atoms with Crippen molar-refractivity contribution in [3.05, 3.63) is 29.8 Å². The van der Waals surface area contributed by atoms with Gasteiger partial charge in [-0.1, -0.05) is 13.3 Å². The van der Waals surface area contributed by atoms with Gasteiger partial charge in [0.2, 0.25) is 15.9 Å². The van der Waals surface area contributed by atoms with Crippen molar-refractivity contribution in [2.75, 3.05) is 25.4 Å². The number of aliphatic hydroxyl groups is 1. The fraction of sp³-hybridized carbons (Fsp3) is 0.632. The fourth-order valence-electron chi connectivity index (χ4n) is 3.20. The Hall–Kier alpha value is -1.85. The Morgan fingerprint density at radius 3 is 2.57 bits per heavy atom. The Morgan fingerprint density at radius 1 is 1.30 bits per heavy atom. The van der Waals surface area contributed by atoms with Crippen molar-refractivity contribution < 1.29 is 36.2 Å². The SMILES string of the molecule is CCCS(=O)(=O)N1CCCCC1C(=O)NCC(O)COc1ccc(C(F)(F)F)cc1. The lowest BCUT2D eigenvalue weighted by Gasteiger charge is -2.33. The van der Waals surface area contributed by atoms with Crippen LogP contribution in [0.25, 0.3) is 0 Å². The number of hydrogen-bond donors (Lipinski definition) is 2. The van der Waals surface area contributed by atoms with Crippen LogP contribution < -0.4 is 10.1 Å². The number of aliphatic hydroxyl groups excluding tert-OH is 1. The van der Waals surface area contributed by atoms with Crippen LogP contribution in [0.2, 0.25) is 0 Å². The number of nitrogens with zero attached hydrogens (tertiary/aromatic N) is 1. The molecular weight excluding hydrogens is 425 g/mol. The second-order valence-corrected chi connectivity index (χ2v) is 9.21. The van der Waals surface area contributed by atoms with E-state index < -0.39 is 39.8 Å². The minimum atomic E-state index is -4.44. The molecule has 1 saturated heterocycles. The molecule has 1 aliphatic heterocycles. The highest BCUT2D eigenvalue weighted by Crippen LogP contribution is 2.30. The average Bonchev–Trinajstić information content (AvgIpc) is 2.70. The van der Waals surface area contributed by atoms with Crippen molar-refractivity contribution in [3.8, 4) is 5.75 Å². The highest BCUT2D eigenvalue weighted by molar-refractivity contribution is 7.89. The van der Waals surface area contributed by atoms with Crippen molar-refractivity contribution in [2.24, 2.45) is 0 Å². The van der Waals surface area contributed by atoms with Gasteiger partial charge in [0, 0.05) is 13.1 Å². The third-order valence-electron chi connectivity index (χ3n) is 4.71. The van der Waals surface area contributed by atoms with Crippen LogP contribution in [0.3, 0.4) is 0 Å². The summed E-state index contributed by atoms with van der Waals surface area (Å²) in [5, 5.41) is 12.5. The Labute approximate surface area is 174 Å². The van der Waals surface area contributed by atoms with Gasteiger partial charge in [-0.2, -0.15) is 17.5 Å². The molecule has 1 aromatic carbocycles. The highest BCUT2D eigenvalue weighted by atomic mass is 32.2. The zero-order chi connectivity index (χ0) is 22.4.